The minimum atomic E-state index is -5.08. The number of aliphatic carboxylic acids is 1. The summed E-state index contributed by atoms with van der Waals surface area (Å²) in [6.45, 7) is 2.69. The van der Waals surface area contributed by atoms with Crippen LogP contribution in [0.3, 0.4) is 0 Å². The lowest BCUT2D eigenvalue weighted by Gasteiger charge is -2.33. The molecule has 0 unspecified atom stereocenters. The van der Waals surface area contributed by atoms with Crippen molar-refractivity contribution in [3.05, 3.63) is 107 Å². The van der Waals surface area contributed by atoms with Crippen molar-refractivity contribution in [2.45, 2.75) is 69.9 Å². The third kappa shape index (κ3) is 9.92. The number of nitrogens with one attached hydrogen (secondary N) is 3. The Morgan fingerprint density at radius 1 is 0.980 bits per heavy atom. The van der Waals surface area contributed by atoms with Crippen LogP contribution in [-0.4, -0.2) is 63.5 Å². The number of nitrogens with zero attached hydrogens (tertiary/aromatic N) is 1. The van der Waals surface area contributed by atoms with E-state index in [1.165, 1.54) is 0 Å². The highest BCUT2D eigenvalue weighted by molar-refractivity contribution is 5.95. The van der Waals surface area contributed by atoms with Gasteiger partial charge in [-0.05, 0) is 55.5 Å². The van der Waals surface area contributed by atoms with E-state index in [9.17, 15) is 27.6 Å². The fourth-order valence-corrected chi connectivity index (χ4v) is 5.81. The highest BCUT2D eigenvalue weighted by Crippen LogP contribution is 2.30. The summed E-state index contributed by atoms with van der Waals surface area (Å²) in [4.78, 5) is 55.4. The zero-order chi connectivity index (χ0) is 35.6. The SMILES string of the molecule is C[C@@H](NC(=O)[C@H](CCCCN)N1Cc2[nH]c3ccccc3c2C[C@@H](NC(=O)Cc2ccccc2)C1=O)c1ccccc1.O=C(O)C(F)(F)F. The molecule has 5 rings (SSSR count). The summed E-state index contributed by atoms with van der Waals surface area (Å²) in [6, 6.07) is 25.4. The van der Waals surface area contributed by atoms with Crippen molar-refractivity contribution in [1.82, 2.24) is 20.5 Å². The maximum absolute atomic E-state index is 14.3. The molecule has 6 N–H and O–H groups in total. The van der Waals surface area contributed by atoms with Crippen molar-refractivity contribution in [2.75, 3.05) is 6.54 Å². The van der Waals surface area contributed by atoms with E-state index in [1.54, 1.807) is 4.90 Å². The van der Waals surface area contributed by atoms with Gasteiger partial charge in [0.05, 0.1) is 19.0 Å². The highest BCUT2D eigenvalue weighted by Gasteiger charge is 2.39. The van der Waals surface area contributed by atoms with Crippen LogP contribution in [0.25, 0.3) is 10.9 Å². The monoisotopic (exact) mass is 679 g/mol. The molecule has 0 radical (unpaired) electrons. The zero-order valence-electron chi connectivity index (χ0n) is 27.0. The predicted octanol–water partition coefficient (Wildman–Crippen LogP) is 4.79. The van der Waals surface area contributed by atoms with E-state index in [0.717, 1.165) is 39.7 Å². The number of alkyl halides is 3. The number of aromatic amines is 1. The molecule has 0 saturated heterocycles. The number of amides is 3. The van der Waals surface area contributed by atoms with Gasteiger partial charge in [0.15, 0.2) is 0 Å². The predicted molar refractivity (Wildman–Crippen MR) is 178 cm³/mol. The molecule has 3 atom stereocenters. The quantitative estimate of drug-likeness (QED) is 0.144. The average Bonchev–Trinajstić information content (AvgIpc) is 3.36. The summed E-state index contributed by atoms with van der Waals surface area (Å²) >= 11 is 0. The normalized spacial score (nSPS) is 15.7. The van der Waals surface area contributed by atoms with Crippen LogP contribution < -0.4 is 16.4 Å². The molecule has 0 bridgehead atoms. The molecular formula is C36H40F3N5O5. The third-order valence-electron chi connectivity index (χ3n) is 8.27. The third-order valence-corrected chi connectivity index (χ3v) is 8.27. The Bertz CT molecular complexity index is 1730. The lowest BCUT2D eigenvalue weighted by atomic mass is 10.0. The second-order valence-electron chi connectivity index (χ2n) is 11.8. The van der Waals surface area contributed by atoms with Crippen LogP contribution in [0.15, 0.2) is 84.9 Å². The lowest BCUT2D eigenvalue weighted by Crippen LogP contribution is -2.55. The van der Waals surface area contributed by atoms with E-state index in [1.807, 2.05) is 91.9 Å². The molecule has 260 valence electrons. The Balaban J connectivity index is 0.000000698. The molecule has 3 amide bonds. The molecule has 13 heteroatoms. The number of halogens is 3. The van der Waals surface area contributed by atoms with Crippen molar-refractivity contribution in [1.29, 1.82) is 0 Å². The number of unbranched alkanes of at least 4 members (excludes halogenated alkanes) is 1. The van der Waals surface area contributed by atoms with Crippen LogP contribution in [-0.2, 0) is 38.6 Å². The number of rotatable bonds is 11. The van der Waals surface area contributed by atoms with Gasteiger partial charge in [0.1, 0.15) is 12.1 Å². The van der Waals surface area contributed by atoms with E-state index >= 15 is 0 Å². The number of para-hydroxylation sites is 1. The van der Waals surface area contributed by atoms with Gasteiger partial charge < -0.3 is 31.4 Å². The number of nitrogens with two attached hydrogens (primary N) is 1. The lowest BCUT2D eigenvalue weighted by molar-refractivity contribution is -0.192. The van der Waals surface area contributed by atoms with E-state index in [2.05, 4.69) is 15.6 Å². The molecule has 0 aliphatic carbocycles. The summed E-state index contributed by atoms with van der Waals surface area (Å²) in [7, 11) is 0. The molecule has 0 spiro atoms. The van der Waals surface area contributed by atoms with Gasteiger partial charge in [0.2, 0.25) is 17.7 Å². The molecular weight excluding hydrogens is 639 g/mol. The fraction of sp³-hybridized carbons (Fsp3) is 0.333. The fourth-order valence-electron chi connectivity index (χ4n) is 5.81. The largest absolute Gasteiger partial charge is 0.490 e. The molecule has 49 heavy (non-hydrogen) atoms. The van der Waals surface area contributed by atoms with Crippen LogP contribution in [0.1, 0.15) is 54.6 Å². The Hall–Kier alpha value is -5.17. The maximum Gasteiger partial charge on any atom is 0.490 e. The van der Waals surface area contributed by atoms with Crippen LogP contribution in [0.2, 0.25) is 0 Å². The first-order valence-electron chi connectivity index (χ1n) is 16.0. The maximum atomic E-state index is 14.3. The van der Waals surface area contributed by atoms with Crippen molar-refractivity contribution >= 4 is 34.6 Å². The van der Waals surface area contributed by atoms with E-state index in [0.29, 0.717) is 25.8 Å². The zero-order valence-corrected chi connectivity index (χ0v) is 27.0. The van der Waals surface area contributed by atoms with Crippen LogP contribution >= 0.6 is 0 Å². The Morgan fingerprint density at radius 2 is 1.59 bits per heavy atom. The molecule has 3 aromatic carbocycles. The Kier molecular flexibility index (Phi) is 12.6. The first-order valence-corrected chi connectivity index (χ1v) is 16.0. The molecule has 1 aliphatic heterocycles. The van der Waals surface area contributed by atoms with Crippen LogP contribution in [0.4, 0.5) is 13.2 Å². The number of fused-ring (bicyclic) bond motifs is 3. The molecule has 2 heterocycles. The van der Waals surface area contributed by atoms with E-state index in [-0.39, 0.29) is 36.7 Å². The molecule has 10 nitrogen and oxygen atoms in total. The minimum Gasteiger partial charge on any atom is -0.475 e. The number of benzene rings is 3. The number of hydrogen-bond donors (Lipinski definition) is 5. The average molecular weight is 680 g/mol. The van der Waals surface area contributed by atoms with Gasteiger partial charge in [0.25, 0.3) is 0 Å². The van der Waals surface area contributed by atoms with Gasteiger partial charge in [-0.15, -0.1) is 0 Å². The Morgan fingerprint density at radius 3 is 2.22 bits per heavy atom. The van der Waals surface area contributed by atoms with Crippen molar-refractivity contribution in [3.8, 4) is 0 Å². The van der Waals surface area contributed by atoms with E-state index in [4.69, 9.17) is 15.6 Å². The standard InChI is InChI=1S/C34H39N5O3.C2HF3O2/c1-23(25-14-6-3-7-15-25)36-33(41)31(18-10-11-19-35)39-22-30-27(26-16-8-9-17-28(26)37-30)21-29(34(39)42)38-32(40)20-24-12-4-2-5-13-24;3-2(4,5)1(6)7/h2-9,12-17,23,29,31,37H,10-11,18-22,35H2,1H3,(H,36,41)(H,38,40);(H,6,7)/t23-,29-,31+;/m1./s1. The van der Waals surface area contributed by atoms with Gasteiger partial charge in [0, 0.05) is 23.0 Å². The van der Waals surface area contributed by atoms with Gasteiger partial charge >= 0.3 is 12.1 Å². The molecule has 4 aromatic rings. The number of carboxylic acid groups (broad SMARTS) is 1. The van der Waals surface area contributed by atoms with Crippen molar-refractivity contribution in [2.24, 2.45) is 5.73 Å². The molecule has 1 aliphatic rings. The first-order chi connectivity index (χ1) is 23.4. The second kappa shape index (κ2) is 16.8. The summed E-state index contributed by atoms with van der Waals surface area (Å²) in [5, 5.41) is 14.3. The number of carbonyl (C=O) groups is 4. The number of hydrogen-bond acceptors (Lipinski definition) is 5. The smallest absolute Gasteiger partial charge is 0.475 e. The summed E-state index contributed by atoms with van der Waals surface area (Å²) in [6.07, 6.45) is -2.67. The first kappa shape index (κ1) is 36.7. The minimum absolute atomic E-state index is 0.167. The molecule has 0 saturated carbocycles. The van der Waals surface area contributed by atoms with Crippen LogP contribution in [0, 0.1) is 0 Å². The van der Waals surface area contributed by atoms with Gasteiger partial charge in [-0.3, -0.25) is 14.4 Å². The summed E-state index contributed by atoms with van der Waals surface area (Å²) in [5.41, 5.74) is 10.5. The number of carboxylic acids is 1. The summed E-state index contributed by atoms with van der Waals surface area (Å²) in [5.74, 6) is -3.46. The summed E-state index contributed by atoms with van der Waals surface area (Å²) < 4.78 is 31.7. The van der Waals surface area contributed by atoms with Crippen LogP contribution in [0.5, 0.6) is 0 Å². The van der Waals surface area contributed by atoms with Gasteiger partial charge in [-0.25, -0.2) is 4.79 Å². The van der Waals surface area contributed by atoms with E-state index < -0.39 is 24.2 Å². The topological polar surface area (TPSA) is 158 Å². The van der Waals surface area contributed by atoms with Crippen molar-refractivity contribution in [3.63, 3.8) is 0 Å². The van der Waals surface area contributed by atoms with Gasteiger partial charge in [-0.1, -0.05) is 78.9 Å². The van der Waals surface area contributed by atoms with Gasteiger partial charge in [-0.2, -0.15) is 13.2 Å². The number of H-pyrrole nitrogens is 1. The molecule has 1 aromatic heterocycles. The Labute approximate surface area is 281 Å². The number of aromatic nitrogens is 1. The second-order valence-corrected chi connectivity index (χ2v) is 11.8. The number of carbonyl (C=O) groups excluding carboxylic acids is 3. The van der Waals surface area contributed by atoms with Crippen molar-refractivity contribution < 1.29 is 37.5 Å². The highest BCUT2D eigenvalue weighted by atomic mass is 19.4. The molecule has 0 fully saturated rings.